The van der Waals surface area contributed by atoms with E-state index in [-0.39, 0.29) is 0 Å². The molecule has 2 heterocycles. The predicted molar refractivity (Wildman–Crippen MR) is 176 cm³/mol. The first kappa shape index (κ1) is 25.8. The van der Waals surface area contributed by atoms with Gasteiger partial charge in [0, 0.05) is 37.0 Å². The summed E-state index contributed by atoms with van der Waals surface area (Å²) in [5.41, 5.74) is 11.8. The highest BCUT2D eigenvalue weighted by Crippen LogP contribution is 2.59. The minimum Gasteiger partial charge on any atom is -0.352 e. The standard InChI is InChI=1S/C38H42N4/c1-25(2)41-23-39(33-17-9-11-19-35(33)41)21-31-32(22-40-24-42(26(3)4)36-20-12-10-18-34(36)40)38-29-15-7-5-13-27(29)37(31)28-14-6-8-16-30(28)38/h5-20,25-26,31-32,37-38H,21-24H2,1-4H3. The molecular formula is C38H42N4. The summed E-state index contributed by atoms with van der Waals surface area (Å²) in [5, 5.41) is 0. The fraction of sp³-hybridized carbons (Fsp3) is 0.368. The monoisotopic (exact) mass is 554 g/mol. The zero-order chi connectivity index (χ0) is 28.5. The van der Waals surface area contributed by atoms with Gasteiger partial charge in [-0.2, -0.15) is 0 Å². The topological polar surface area (TPSA) is 13.0 Å². The number of fused-ring (bicyclic) bond motifs is 3. The Bertz CT molecular complexity index is 1460. The van der Waals surface area contributed by atoms with Gasteiger partial charge < -0.3 is 19.6 Å². The summed E-state index contributed by atoms with van der Waals surface area (Å²) in [5.74, 6) is 1.85. The second kappa shape index (κ2) is 9.83. The van der Waals surface area contributed by atoms with Crippen molar-refractivity contribution in [1.82, 2.24) is 0 Å². The van der Waals surface area contributed by atoms with Crippen LogP contribution in [0.2, 0.25) is 0 Å². The predicted octanol–water partition coefficient (Wildman–Crippen LogP) is 7.89. The van der Waals surface area contributed by atoms with Crippen LogP contribution in [0, 0.1) is 11.8 Å². The first-order valence-electron chi connectivity index (χ1n) is 15.9. The van der Waals surface area contributed by atoms with Gasteiger partial charge in [0.2, 0.25) is 0 Å². The van der Waals surface area contributed by atoms with E-state index in [9.17, 15) is 0 Å². The molecule has 4 aromatic rings. The number of nitrogens with zero attached hydrogens (tertiary/aromatic N) is 4. The SMILES string of the molecule is CC(C)N1CN(CC2C3c4ccccc4C(c4ccccc43)C2CN2CN(C(C)C)c3ccccc32)c2ccccc21. The van der Waals surface area contributed by atoms with Gasteiger partial charge in [-0.3, -0.25) is 0 Å². The van der Waals surface area contributed by atoms with E-state index in [0.717, 1.165) is 26.4 Å². The van der Waals surface area contributed by atoms with Gasteiger partial charge in [0.05, 0.1) is 36.1 Å². The largest absolute Gasteiger partial charge is 0.352 e. The zero-order valence-electron chi connectivity index (χ0n) is 25.3. The number of hydrogen-bond donors (Lipinski definition) is 0. The molecule has 0 aromatic heterocycles. The van der Waals surface area contributed by atoms with Crippen LogP contribution in [0.1, 0.15) is 61.8 Å². The van der Waals surface area contributed by atoms with Gasteiger partial charge in [0.15, 0.2) is 0 Å². The number of anilines is 4. The summed E-state index contributed by atoms with van der Waals surface area (Å²) in [4.78, 5) is 10.5. The Morgan fingerprint density at radius 1 is 0.476 bits per heavy atom. The summed E-state index contributed by atoms with van der Waals surface area (Å²) in [6, 6.07) is 37.8. The van der Waals surface area contributed by atoms with E-state index in [1.165, 1.54) is 22.7 Å². The van der Waals surface area contributed by atoms with Crippen LogP contribution in [-0.2, 0) is 0 Å². The van der Waals surface area contributed by atoms with Gasteiger partial charge in [-0.1, -0.05) is 72.8 Å². The third-order valence-corrected chi connectivity index (χ3v) is 10.6. The molecule has 0 saturated carbocycles. The van der Waals surface area contributed by atoms with Crippen molar-refractivity contribution >= 4 is 22.7 Å². The minimum atomic E-state index is 0.409. The fourth-order valence-electron chi connectivity index (χ4n) is 8.71. The molecule has 42 heavy (non-hydrogen) atoms. The molecule has 2 atom stereocenters. The van der Waals surface area contributed by atoms with Gasteiger partial charge in [-0.25, -0.2) is 0 Å². The number of rotatable bonds is 6. The average Bonchev–Trinajstić information content (AvgIpc) is 3.57. The van der Waals surface area contributed by atoms with Crippen LogP contribution >= 0.6 is 0 Å². The molecule has 0 N–H and O–H groups in total. The van der Waals surface area contributed by atoms with E-state index in [0.29, 0.717) is 35.8 Å². The molecule has 214 valence electrons. The molecule has 9 rings (SSSR count). The lowest BCUT2D eigenvalue weighted by atomic mass is 9.54. The normalized spacial score (nSPS) is 23.5. The lowest BCUT2D eigenvalue weighted by Gasteiger charge is -2.52. The van der Waals surface area contributed by atoms with Crippen LogP contribution < -0.4 is 19.6 Å². The Labute approximate surface area is 251 Å². The van der Waals surface area contributed by atoms with E-state index in [1.807, 2.05) is 0 Å². The van der Waals surface area contributed by atoms with Crippen molar-refractivity contribution in [3.63, 3.8) is 0 Å². The smallest absolute Gasteiger partial charge is 0.0906 e. The van der Waals surface area contributed by atoms with Crippen LogP contribution in [0.4, 0.5) is 22.7 Å². The lowest BCUT2D eigenvalue weighted by Crippen LogP contribution is -2.50. The zero-order valence-corrected chi connectivity index (χ0v) is 25.3. The van der Waals surface area contributed by atoms with Crippen molar-refractivity contribution in [2.75, 3.05) is 46.0 Å². The van der Waals surface area contributed by atoms with Crippen LogP contribution in [-0.4, -0.2) is 38.5 Å². The molecule has 0 radical (unpaired) electrons. The second-order valence-corrected chi connectivity index (χ2v) is 13.4. The molecule has 0 spiro atoms. The maximum Gasteiger partial charge on any atom is 0.0906 e. The second-order valence-electron chi connectivity index (χ2n) is 13.4. The third kappa shape index (κ3) is 3.80. The Morgan fingerprint density at radius 2 is 0.786 bits per heavy atom. The van der Waals surface area contributed by atoms with E-state index in [1.54, 1.807) is 22.3 Å². The van der Waals surface area contributed by atoms with Crippen molar-refractivity contribution < 1.29 is 0 Å². The van der Waals surface area contributed by atoms with Crippen LogP contribution in [0.3, 0.4) is 0 Å². The summed E-state index contributed by atoms with van der Waals surface area (Å²) in [6.45, 7) is 13.4. The average molecular weight is 555 g/mol. The molecule has 3 aliphatic carbocycles. The molecule has 4 nitrogen and oxygen atoms in total. The minimum absolute atomic E-state index is 0.409. The molecule has 2 aliphatic heterocycles. The molecule has 0 fully saturated rings. The quantitative estimate of drug-likeness (QED) is 0.240. The highest BCUT2D eigenvalue weighted by atomic mass is 15.4. The van der Waals surface area contributed by atoms with Crippen molar-refractivity contribution in [3.8, 4) is 0 Å². The molecule has 4 aromatic carbocycles. The summed E-state index contributed by atoms with van der Waals surface area (Å²) < 4.78 is 0. The van der Waals surface area contributed by atoms with Gasteiger partial charge in [0.25, 0.3) is 0 Å². The van der Waals surface area contributed by atoms with Crippen molar-refractivity contribution in [2.45, 2.75) is 51.6 Å². The Morgan fingerprint density at radius 3 is 1.12 bits per heavy atom. The van der Waals surface area contributed by atoms with E-state index < -0.39 is 0 Å². The molecule has 0 amide bonds. The number of hydrogen-bond acceptors (Lipinski definition) is 4. The first-order chi connectivity index (χ1) is 20.5. The van der Waals surface area contributed by atoms with Crippen molar-refractivity contribution in [2.24, 2.45) is 11.8 Å². The molecular weight excluding hydrogens is 512 g/mol. The van der Waals surface area contributed by atoms with Gasteiger partial charge in [-0.15, -0.1) is 0 Å². The van der Waals surface area contributed by atoms with E-state index in [4.69, 9.17) is 0 Å². The molecule has 0 saturated heterocycles. The number of benzene rings is 4. The van der Waals surface area contributed by atoms with Crippen LogP contribution in [0.5, 0.6) is 0 Å². The van der Waals surface area contributed by atoms with E-state index >= 15 is 0 Å². The Kier molecular flexibility index (Phi) is 6.03. The molecule has 2 bridgehead atoms. The van der Waals surface area contributed by atoms with E-state index in [2.05, 4.69) is 144 Å². The Balaban J connectivity index is 1.23. The van der Waals surface area contributed by atoms with Gasteiger partial charge in [-0.05, 0) is 86.1 Å². The molecule has 5 aliphatic rings. The van der Waals surface area contributed by atoms with Gasteiger partial charge in [0.1, 0.15) is 0 Å². The Hall–Kier alpha value is -3.92. The number of para-hydroxylation sites is 4. The van der Waals surface area contributed by atoms with Crippen molar-refractivity contribution in [3.05, 3.63) is 119 Å². The fourth-order valence-corrected chi connectivity index (χ4v) is 8.71. The van der Waals surface area contributed by atoms with Crippen molar-refractivity contribution in [1.29, 1.82) is 0 Å². The van der Waals surface area contributed by atoms with Crippen LogP contribution in [0.25, 0.3) is 0 Å². The molecule has 2 unspecified atom stereocenters. The van der Waals surface area contributed by atoms with Crippen LogP contribution in [0.15, 0.2) is 97.1 Å². The lowest BCUT2D eigenvalue weighted by molar-refractivity contribution is 0.235. The highest BCUT2D eigenvalue weighted by Gasteiger charge is 2.51. The van der Waals surface area contributed by atoms with Gasteiger partial charge >= 0.3 is 0 Å². The highest BCUT2D eigenvalue weighted by molar-refractivity contribution is 5.78. The maximum absolute atomic E-state index is 2.69. The third-order valence-electron chi connectivity index (χ3n) is 10.6. The summed E-state index contributed by atoms with van der Waals surface area (Å²) >= 11 is 0. The summed E-state index contributed by atoms with van der Waals surface area (Å²) in [6.07, 6.45) is 0. The first-order valence-corrected chi connectivity index (χ1v) is 15.9. The summed E-state index contributed by atoms with van der Waals surface area (Å²) in [7, 11) is 0. The molecule has 4 heteroatoms. The maximum atomic E-state index is 2.69.